The molecule has 1 atom stereocenters. The average molecular weight is 270 g/mol. The van der Waals surface area contributed by atoms with E-state index < -0.39 is 0 Å². The van der Waals surface area contributed by atoms with Gasteiger partial charge in [0.15, 0.2) is 0 Å². The first-order valence-corrected chi connectivity index (χ1v) is 7.08. The van der Waals surface area contributed by atoms with Gasteiger partial charge in [-0.15, -0.1) is 0 Å². The van der Waals surface area contributed by atoms with Gasteiger partial charge in [0.1, 0.15) is 0 Å². The van der Waals surface area contributed by atoms with Crippen LogP contribution in [0.4, 0.5) is 0 Å². The van der Waals surface area contributed by atoms with Crippen molar-refractivity contribution in [3.05, 3.63) is 48.0 Å². The molecule has 1 unspecified atom stereocenters. The molecule has 2 aromatic carbocycles. The Morgan fingerprint density at radius 3 is 2.50 bits per heavy atom. The van der Waals surface area contributed by atoms with Gasteiger partial charge in [-0.2, -0.15) is 0 Å². The minimum atomic E-state index is -0.120. The van der Waals surface area contributed by atoms with Gasteiger partial charge in [0, 0.05) is 13.0 Å². The van der Waals surface area contributed by atoms with Gasteiger partial charge in [0.05, 0.1) is 6.04 Å². The molecule has 0 aliphatic rings. The van der Waals surface area contributed by atoms with Crippen molar-refractivity contribution in [2.24, 2.45) is 11.7 Å². The SMILES string of the molecule is CC(C)CC(=O)NC(CN)c1ccc2ccccc2c1. The van der Waals surface area contributed by atoms with Crippen molar-refractivity contribution in [1.82, 2.24) is 5.32 Å². The molecule has 3 heteroatoms. The molecule has 0 bridgehead atoms. The van der Waals surface area contributed by atoms with Crippen LogP contribution >= 0.6 is 0 Å². The number of carbonyl (C=O) groups excluding carboxylic acids is 1. The van der Waals surface area contributed by atoms with E-state index >= 15 is 0 Å². The minimum absolute atomic E-state index is 0.0589. The molecule has 0 heterocycles. The fourth-order valence-electron chi connectivity index (χ4n) is 2.33. The number of nitrogens with one attached hydrogen (secondary N) is 1. The molecule has 0 aliphatic carbocycles. The molecule has 0 aliphatic heterocycles. The molecule has 0 aromatic heterocycles. The van der Waals surface area contributed by atoms with Crippen LogP contribution in [0.5, 0.6) is 0 Å². The lowest BCUT2D eigenvalue weighted by atomic mass is 10.0. The Hall–Kier alpha value is -1.87. The van der Waals surface area contributed by atoms with E-state index in [0.717, 1.165) is 5.56 Å². The van der Waals surface area contributed by atoms with Crippen molar-refractivity contribution in [1.29, 1.82) is 0 Å². The average Bonchev–Trinajstić information content (AvgIpc) is 2.43. The van der Waals surface area contributed by atoms with Crippen molar-refractivity contribution in [2.45, 2.75) is 26.3 Å². The van der Waals surface area contributed by atoms with Gasteiger partial charge in [0.25, 0.3) is 0 Å². The van der Waals surface area contributed by atoms with Crippen LogP contribution in [0.1, 0.15) is 31.9 Å². The van der Waals surface area contributed by atoms with Gasteiger partial charge < -0.3 is 11.1 Å². The molecule has 20 heavy (non-hydrogen) atoms. The number of nitrogens with two attached hydrogens (primary N) is 1. The summed E-state index contributed by atoms with van der Waals surface area (Å²) in [6, 6.07) is 14.3. The Morgan fingerprint density at radius 2 is 1.85 bits per heavy atom. The molecule has 0 radical (unpaired) electrons. The monoisotopic (exact) mass is 270 g/mol. The Labute approximate surface area is 120 Å². The van der Waals surface area contributed by atoms with E-state index in [-0.39, 0.29) is 11.9 Å². The molecular formula is C17H22N2O. The van der Waals surface area contributed by atoms with E-state index in [0.29, 0.717) is 18.9 Å². The van der Waals surface area contributed by atoms with Crippen LogP contribution in [0.15, 0.2) is 42.5 Å². The van der Waals surface area contributed by atoms with Gasteiger partial charge in [0.2, 0.25) is 5.91 Å². The Kier molecular flexibility index (Phi) is 4.74. The lowest BCUT2D eigenvalue weighted by molar-refractivity contribution is -0.122. The predicted octanol–water partition coefficient (Wildman–Crippen LogP) is 3.00. The number of hydrogen-bond donors (Lipinski definition) is 2. The van der Waals surface area contributed by atoms with Gasteiger partial charge in [-0.25, -0.2) is 0 Å². The normalized spacial score (nSPS) is 12.6. The molecule has 1 amide bonds. The molecule has 0 spiro atoms. The van der Waals surface area contributed by atoms with E-state index in [1.54, 1.807) is 0 Å². The fraction of sp³-hybridized carbons (Fsp3) is 0.353. The second-order valence-corrected chi connectivity index (χ2v) is 5.56. The molecule has 3 nitrogen and oxygen atoms in total. The topological polar surface area (TPSA) is 55.1 Å². The van der Waals surface area contributed by atoms with E-state index in [4.69, 9.17) is 5.73 Å². The third-order valence-electron chi connectivity index (χ3n) is 3.34. The van der Waals surface area contributed by atoms with E-state index in [1.165, 1.54) is 10.8 Å². The van der Waals surface area contributed by atoms with Gasteiger partial charge in [-0.1, -0.05) is 50.2 Å². The summed E-state index contributed by atoms with van der Waals surface area (Å²) in [6.07, 6.45) is 0.532. The maximum atomic E-state index is 11.9. The zero-order valence-electron chi connectivity index (χ0n) is 12.1. The summed E-state index contributed by atoms with van der Waals surface area (Å²) >= 11 is 0. The highest BCUT2D eigenvalue weighted by atomic mass is 16.1. The fourth-order valence-corrected chi connectivity index (χ4v) is 2.33. The largest absolute Gasteiger partial charge is 0.348 e. The Bertz CT molecular complexity index is 592. The summed E-state index contributed by atoms with van der Waals surface area (Å²) in [5, 5.41) is 5.38. The standard InChI is InChI=1S/C17H22N2O/c1-12(2)9-17(20)19-16(11-18)15-8-7-13-5-3-4-6-14(13)10-15/h3-8,10,12,16H,9,11,18H2,1-2H3,(H,19,20). The lowest BCUT2D eigenvalue weighted by Gasteiger charge is -2.18. The smallest absolute Gasteiger partial charge is 0.220 e. The number of benzene rings is 2. The molecule has 106 valence electrons. The highest BCUT2D eigenvalue weighted by Crippen LogP contribution is 2.20. The number of hydrogen-bond acceptors (Lipinski definition) is 2. The number of carbonyl (C=O) groups is 1. The maximum absolute atomic E-state index is 11.9. The van der Waals surface area contributed by atoms with Crippen molar-refractivity contribution in [3.63, 3.8) is 0 Å². The van der Waals surface area contributed by atoms with Crippen molar-refractivity contribution in [3.8, 4) is 0 Å². The van der Waals surface area contributed by atoms with Crippen molar-refractivity contribution in [2.75, 3.05) is 6.54 Å². The Morgan fingerprint density at radius 1 is 1.15 bits per heavy atom. The summed E-state index contributed by atoms with van der Waals surface area (Å²) in [5.41, 5.74) is 6.87. The first-order chi connectivity index (χ1) is 9.60. The van der Waals surface area contributed by atoms with Crippen LogP contribution < -0.4 is 11.1 Å². The minimum Gasteiger partial charge on any atom is -0.348 e. The summed E-state index contributed by atoms with van der Waals surface area (Å²) in [7, 11) is 0. The van der Waals surface area contributed by atoms with Crippen LogP contribution in [-0.2, 0) is 4.79 Å². The zero-order valence-corrected chi connectivity index (χ0v) is 12.1. The molecular weight excluding hydrogens is 248 g/mol. The van der Waals surface area contributed by atoms with E-state index in [2.05, 4.69) is 29.6 Å². The third kappa shape index (κ3) is 3.58. The van der Waals surface area contributed by atoms with Crippen LogP contribution in [-0.4, -0.2) is 12.5 Å². The second kappa shape index (κ2) is 6.53. The first kappa shape index (κ1) is 14.5. The second-order valence-electron chi connectivity index (χ2n) is 5.56. The van der Waals surface area contributed by atoms with Crippen molar-refractivity contribution < 1.29 is 4.79 Å². The summed E-state index contributed by atoms with van der Waals surface area (Å²) in [6.45, 7) is 4.47. The van der Waals surface area contributed by atoms with Crippen molar-refractivity contribution >= 4 is 16.7 Å². The molecule has 0 fully saturated rings. The zero-order chi connectivity index (χ0) is 14.5. The number of amides is 1. The maximum Gasteiger partial charge on any atom is 0.220 e. The van der Waals surface area contributed by atoms with Gasteiger partial charge in [-0.3, -0.25) is 4.79 Å². The highest BCUT2D eigenvalue weighted by Gasteiger charge is 2.14. The molecule has 2 rings (SSSR count). The van der Waals surface area contributed by atoms with Crippen LogP contribution in [0.25, 0.3) is 10.8 Å². The number of fused-ring (bicyclic) bond motifs is 1. The number of rotatable bonds is 5. The predicted molar refractivity (Wildman–Crippen MR) is 83.3 cm³/mol. The summed E-state index contributed by atoms with van der Waals surface area (Å²) < 4.78 is 0. The molecule has 0 saturated carbocycles. The van der Waals surface area contributed by atoms with Gasteiger partial charge >= 0.3 is 0 Å². The van der Waals surface area contributed by atoms with E-state index in [9.17, 15) is 4.79 Å². The third-order valence-corrected chi connectivity index (χ3v) is 3.34. The van der Waals surface area contributed by atoms with Crippen LogP contribution in [0, 0.1) is 5.92 Å². The van der Waals surface area contributed by atoms with Gasteiger partial charge in [-0.05, 0) is 28.3 Å². The molecule has 2 aromatic rings. The summed E-state index contributed by atoms with van der Waals surface area (Å²) in [5.74, 6) is 0.411. The van der Waals surface area contributed by atoms with E-state index in [1.807, 2.05) is 32.0 Å². The summed E-state index contributed by atoms with van der Waals surface area (Å²) in [4.78, 5) is 11.9. The highest BCUT2D eigenvalue weighted by molar-refractivity contribution is 5.83. The first-order valence-electron chi connectivity index (χ1n) is 7.08. The van der Waals surface area contributed by atoms with Crippen LogP contribution in [0.2, 0.25) is 0 Å². The molecule has 3 N–H and O–H groups in total. The van der Waals surface area contributed by atoms with Crippen LogP contribution in [0.3, 0.4) is 0 Å². The molecule has 0 saturated heterocycles. The quantitative estimate of drug-likeness (QED) is 0.877. The lowest BCUT2D eigenvalue weighted by Crippen LogP contribution is -2.33. The Balaban J connectivity index is 2.18.